The Morgan fingerprint density at radius 3 is 2.82 bits per heavy atom. The summed E-state index contributed by atoms with van der Waals surface area (Å²) in [7, 11) is 0. The van der Waals surface area contributed by atoms with Crippen LogP contribution in [0.25, 0.3) is 11.7 Å². The third-order valence-corrected chi connectivity index (χ3v) is 6.78. The fraction of sp³-hybridized carbons (Fsp3) is 0.545. The van der Waals surface area contributed by atoms with Crippen molar-refractivity contribution >= 4 is 23.8 Å². The maximum atomic E-state index is 10.5. The van der Waals surface area contributed by atoms with Crippen LogP contribution < -0.4 is 4.90 Å². The number of fused-ring (bicyclic) bond motifs is 4. The van der Waals surface area contributed by atoms with Gasteiger partial charge in [-0.1, -0.05) is 11.3 Å². The topological polar surface area (TPSA) is 73.8 Å². The molecule has 0 radical (unpaired) electrons. The number of hydrogen-bond donors (Lipinski definition) is 1. The van der Waals surface area contributed by atoms with Crippen LogP contribution >= 0.6 is 0 Å². The molecule has 5 rings (SSSR count). The Morgan fingerprint density at radius 1 is 1.21 bits per heavy atom. The standard InChI is InChI=1S/C22H27N5O/c23-14-18-16-4-3-5-17(16)22(26-12-9-15(10-13-26)8-11-24-28)27-20-7-2-1-6-19(20)25-21(18)27/h1,6,14-15,23H,2-5,7-13H2. The molecule has 0 saturated carbocycles. The van der Waals surface area contributed by atoms with Gasteiger partial charge in [-0.15, -0.1) is 0 Å². The average molecular weight is 377 g/mol. The Morgan fingerprint density at radius 2 is 2.04 bits per heavy atom. The Hall–Kier alpha value is -2.50. The molecule has 1 N–H and O–H groups in total. The molecule has 2 aromatic heterocycles. The molecule has 0 aromatic carbocycles. The van der Waals surface area contributed by atoms with Crippen LogP contribution in [0.5, 0.6) is 0 Å². The number of hydrogen-bond acceptors (Lipinski definition) is 5. The van der Waals surface area contributed by atoms with Gasteiger partial charge in [0.1, 0.15) is 11.5 Å². The quantitative estimate of drug-likeness (QED) is 0.628. The normalized spacial score (nSPS) is 19.1. The summed E-state index contributed by atoms with van der Waals surface area (Å²) in [5.74, 6) is 1.95. The number of piperidine rings is 1. The lowest BCUT2D eigenvalue weighted by Gasteiger charge is -2.35. The van der Waals surface area contributed by atoms with Gasteiger partial charge in [-0.2, -0.15) is 4.91 Å². The first kappa shape index (κ1) is 17.6. The summed E-state index contributed by atoms with van der Waals surface area (Å²) in [5.41, 5.74) is 7.15. The highest BCUT2D eigenvalue weighted by molar-refractivity contribution is 5.91. The summed E-state index contributed by atoms with van der Waals surface area (Å²) in [5, 5.41) is 11.1. The zero-order valence-electron chi connectivity index (χ0n) is 16.3. The molecule has 3 heterocycles. The van der Waals surface area contributed by atoms with Gasteiger partial charge in [0.2, 0.25) is 0 Å². The molecule has 0 atom stereocenters. The van der Waals surface area contributed by atoms with E-state index in [0.717, 1.165) is 74.9 Å². The minimum absolute atomic E-state index is 0.444. The van der Waals surface area contributed by atoms with Gasteiger partial charge in [0.25, 0.3) is 0 Å². The van der Waals surface area contributed by atoms with Gasteiger partial charge >= 0.3 is 0 Å². The van der Waals surface area contributed by atoms with Gasteiger partial charge in [-0.25, -0.2) is 4.98 Å². The van der Waals surface area contributed by atoms with E-state index < -0.39 is 0 Å². The number of imidazole rings is 1. The van der Waals surface area contributed by atoms with Gasteiger partial charge in [-0.3, -0.25) is 4.40 Å². The average Bonchev–Trinajstić information content (AvgIpc) is 3.36. The van der Waals surface area contributed by atoms with E-state index in [9.17, 15) is 4.91 Å². The minimum atomic E-state index is 0.444. The van der Waals surface area contributed by atoms with Crippen molar-refractivity contribution in [1.82, 2.24) is 9.38 Å². The summed E-state index contributed by atoms with van der Waals surface area (Å²) in [4.78, 5) is 18.0. The summed E-state index contributed by atoms with van der Waals surface area (Å²) < 4.78 is 2.39. The first-order valence-electron chi connectivity index (χ1n) is 10.6. The summed E-state index contributed by atoms with van der Waals surface area (Å²) in [6, 6.07) is 0. The summed E-state index contributed by atoms with van der Waals surface area (Å²) in [6.45, 7) is 2.50. The number of nitrogens with zero attached hydrogens (tertiary/aromatic N) is 4. The lowest BCUT2D eigenvalue weighted by molar-refractivity contribution is 0.384. The highest BCUT2D eigenvalue weighted by Crippen LogP contribution is 2.39. The van der Waals surface area contributed by atoms with E-state index in [-0.39, 0.29) is 0 Å². The number of anilines is 1. The molecular formula is C22H27N5O. The zero-order chi connectivity index (χ0) is 19.1. The van der Waals surface area contributed by atoms with Gasteiger partial charge in [-0.05, 0) is 74.5 Å². The van der Waals surface area contributed by atoms with E-state index in [4.69, 9.17) is 10.4 Å². The summed E-state index contributed by atoms with van der Waals surface area (Å²) in [6.07, 6.45) is 14.4. The number of pyridine rings is 1. The molecule has 2 aliphatic carbocycles. The highest BCUT2D eigenvalue weighted by Gasteiger charge is 2.30. The molecule has 1 fully saturated rings. The van der Waals surface area contributed by atoms with E-state index in [2.05, 4.69) is 26.6 Å². The molecule has 1 saturated heterocycles. The maximum Gasteiger partial charge on any atom is 0.148 e. The van der Waals surface area contributed by atoms with Crippen LogP contribution in [0, 0.1) is 16.2 Å². The van der Waals surface area contributed by atoms with Crippen LogP contribution in [0.1, 0.15) is 60.2 Å². The molecule has 146 valence electrons. The molecule has 0 bridgehead atoms. The van der Waals surface area contributed by atoms with Crippen LogP contribution in [0.3, 0.4) is 0 Å². The van der Waals surface area contributed by atoms with Crippen molar-refractivity contribution < 1.29 is 0 Å². The zero-order valence-corrected chi connectivity index (χ0v) is 16.3. The number of nitrogens with one attached hydrogen (secondary N) is 1. The van der Waals surface area contributed by atoms with Crippen molar-refractivity contribution in [2.45, 2.75) is 51.4 Å². The third kappa shape index (κ3) is 2.69. The lowest BCUT2D eigenvalue weighted by Crippen LogP contribution is -2.36. The molecule has 0 amide bonds. The largest absolute Gasteiger partial charge is 0.357 e. The van der Waals surface area contributed by atoms with E-state index in [1.54, 1.807) is 0 Å². The van der Waals surface area contributed by atoms with Crippen molar-refractivity contribution in [2.24, 2.45) is 11.1 Å². The fourth-order valence-electron chi connectivity index (χ4n) is 5.38. The Balaban J connectivity index is 1.62. The first-order valence-corrected chi connectivity index (χ1v) is 10.6. The highest BCUT2D eigenvalue weighted by atomic mass is 16.3. The molecule has 6 nitrogen and oxygen atoms in total. The minimum Gasteiger partial charge on any atom is -0.357 e. The van der Waals surface area contributed by atoms with Crippen molar-refractivity contribution in [3.05, 3.63) is 39.1 Å². The Bertz CT molecular complexity index is 965. The second-order valence-corrected chi connectivity index (χ2v) is 8.31. The number of allylic oxidation sites excluding steroid dienone is 1. The van der Waals surface area contributed by atoms with Crippen LogP contribution in [0.2, 0.25) is 0 Å². The number of rotatable bonds is 5. The second-order valence-electron chi connectivity index (χ2n) is 8.31. The predicted molar refractivity (Wildman–Crippen MR) is 113 cm³/mol. The Kier molecular flexibility index (Phi) is 4.49. The number of aromatic nitrogens is 2. The third-order valence-electron chi connectivity index (χ3n) is 6.78. The van der Waals surface area contributed by atoms with Gasteiger partial charge < -0.3 is 10.3 Å². The van der Waals surface area contributed by atoms with E-state index >= 15 is 0 Å². The second kappa shape index (κ2) is 7.15. The van der Waals surface area contributed by atoms with Gasteiger partial charge in [0.05, 0.1) is 17.9 Å². The lowest BCUT2D eigenvalue weighted by atomic mass is 9.93. The van der Waals surface area contributed by atoms with Crippen LogP contribution in [0.15, 0.2) is 11.3 Å². The predicted octanol–water partition coefficient (Wildman–Crippen LogP) is 4.15. The SMILES string of the molecule is N=Cc1c2c(c(N3CCC(CCN=O)CC3)n3c4c(nc13)C=CCC4)CCC2. The smallest absolute Gasteiger partial charge is 0.148 e. The fourth-order valence-corrected chi connectivity index (χ4v) is 5.38. The van der Waals surface area contributed by atoms with Crippen LogP contribution in [0.4, 0.5) is 5.82 Å². The molecule has 3 aliphatic rings. The molecule has 2 aromatic rings. The van der Waals surface area contributed by atoms with Gasteiger partial charge in [0, 0.05) is 24.9 Å². The Labute approximate surface area is 165 Å². The molecule has 28 heavy (non-hydrogen) atoms. The summed E-state index contributed by atoms with van der Waals surface area (Å²) >= 11 is 0. The maximum absolute atomic E-state index is 10.5. The van der Waals surface area contributed by atoms with E-state index in [1.165, 1.54) is 35.3 Å². The molecular weight excluding hydrogens is 350 g/mol. The van der Waals surface area contributed by atoms with Crippen LogP contribution in [-0.2, 0) is 19.3 Å². The van der Waals surface area contributed by atoms with Crippen molar-refractivity contribution in [3.63, 3.8) is 0 Å². The van der Waals surface area contributed by atoms with Crippen molar-refractivity contribution in [1.29, 1.82) is 5.41 Å². The van der Waals surface area contributed by atoms with Gasteiger partial charge in [0.15, 0.2) is 0 Å². The number of nitroso groups, excluding NO2 is 1. The van der Waals surface area contributed by atoms with Crippen LogP contribution in [-0.4, -0.2) is 35.2 Å². The van der Waals surface area contributed by atoms with E-state index in [0.29, 0.717) is 12.5 Å². The molecule has 1 aliphatic heterocycles. The molecule has 0 spiro atoms. The van der Waals surface area contributed by atoms with Crippen molar-refractivity contribution in [2.75, 3.05) is 24.5 Å². The monoisotopic (exact) mass is 377 g/mol. The van der Waals surface area contributed by atoms with E-state index in [1.807, 2.05) is 0 Å². The number of aryl methyl sites for hydroxylation is 1. The molecule has 0 unspecified atom stereocenters. The van der Waals surface area contributed by atoms with Crippen molar-refractivity contribution in [3.8, 4) is 0 Å². The molecule has 6 heteroatoms. The first-order chi connectivity index (χ1) is 13.8.